The number of imide groups is 1. The molecule has 0 radical (unpaired) electrons. The van der Waals surface area contributed by atoms with E-state index in [-0.39, 0.29) is 11.8 Å². The van der Waals surface area contributed by atoms with Crippen molar-refractivity contribution < 1.29 is 29.6 Å². The molecule has 0 saturated heterocycles. The van der Waals surface area contributed by atoms with Crippen LogP contribution in [-0.4, -0.2) is 15.1 Å². The Morgan fingerprint density at radius 2 is 1.50 bits per heavy atom. The molecule has 0 N–H and O–H groups in total. The first-order chi connectivity index (χ1) is 6.77. The maximum atomic E-state index is 11.2. The van der Waals surface area contributed by atoms with Crippen LogP contribution in [0.1, 0.15) is 0 Å². The summed E-state index contributed by atoms with van der Waals surface area (Å²) < 4.78 is 2.37. The van der Waals surface area contributed by atoms with Crippen LogP contribution < -0.4 is 3.78 Å². The SMILES string of the molecule is O=C1C=CC(=O)[N]1[Au][c]1ccccc1. The van der Waals surface area contributed by atoms with Gasteiger partial charge < -0.3 is 0 Å². The molecule has 1 aliphatic heterocycles. The van der Waals surface area contributed by atoms with E-state index in [0.717, 1.165) is 3.78 Å². The van der Waals surface area contributed by atoms with Crippen molar-refractivity contribution in [3.63, 3.8) is 0 Å². The molecular formula is C10H7AuNO2. The quantitative estimate of drug-likeness (QED) is 0.553. The molecule has 14 heavy (non-hydrogen) atoms. The summed E-state index contributed by atoms with van der Waals surface area (Å²) >= 11 is -0.565. The second-order valence-corrected chi connectivity index (χ2v) is 5.28. The summed E-state index contributed by atoms with van der Waals surface area (Å²) in [5.41, 5.74) is 0. The number of hydrogen-bond donors (Lipinski definition) is 0. The van der Waals surface area contributed by atoms with Gasteiger partial charge in [-0.2, -0.15) is 0 Å². The topological polar surface area (TPSA) is 37.4 Å². The Morgan fingerprint density at radius 1 is 0.929 bits per heavy atom. The van der Waals surface area contributed by atoms with Gasteiger partial charge in [0.1, 0.15) is 0 Å². The molecule has 0 fully saturated rings. The fourth-order valence-corrected chi connectivity index (χ4v) is 3.06. The number of hydrogen-bond acceptors (Lipinski definition) is 2. The van der Waals surface area contributed by atoms with Gasteiger partial charge >= 0.3 is 91.0 Å². The molecule has 2 amide bonds. The number of rotatable bonds is 2. The van der Waals surface area contributed by atoms with Crippen LogP contribution in [0.4, 0.5) is 0 Å². The van der Waals surface area contributed by atoms with Crippen LogP contribution in [0, 0.1) is 0 Å². The second kappa shape index (κ2) is 3.92. The van der Waals surface area contributed by atoms with E-state index in [1.807, 2.05) is 30.3 Å². The number of carbonyl (C=O) groups excluding carboxylic acids is 2. The predicted molar refractivity (Wildman–Crippen MR) is 47.1 cm³/mol. The fourth-order valence-electron chi connectivity index (χ4n) is 0.960. The zero-order chi connectivity index (χ0) is 9.97. The molecule has 0 atom stereocenters. The van der Waals surface area contributed by atoms with Crippen LogP contribution in [0.2, 0.25) is 0 Å². The van der Waals surface area contributed by atoms with Gasteiger partial charge in [-0.25, -0.2) is 0 Å². The molecule has 0 aliphatic carbocycles. The van der Waals surface area contributed by atoms with E-state index in [9.17, 15) is 9.59 Å². The molecule has 2 rings (SSSR count). The molecule has 1 aliphatic rings. The van der Waals surface area contributed by atoms with Crippen molar-refractivity contribution in [3.8, 4) is 0 Å². The van der Waals surface area contributed by atoms with Crippen LogP contribution in [0.25, 0.3) is 0 Å². The van der Waals surface area contributed by atoms with Gasteiger partial charge in [-0.1, -0.05) is 0 Å². The van der Waals surface area contributed by atoms with Gasteiger partial charge in [0.05, 0.1) is 0 Å². The molecule has 1 aromatic rings. The van der Waals surface area contributed by atoms with Gasteiger partial charge in [0.15, 0.2) is 0 Å². The van der Waals surface area contributed by atoms with E-state index < -0.39 is 20.0 Å². The number of amides is 2. The van der Waals surface area contributed by atoms with E-state index in [4.69, 9.17) is 0 Å². The predicted octanol–water partition coefficient (Wildman–Crippen LogP) is 0.234. The van der Waals surface area contributed by atoms with Gasteiger partial charge in [0.25, 0.3) is 0 Å². The fraction of sp³-hybridized carbons (Fsp3) is 0. The molecule has 3 nitrogen and oxygen atoms in total. The van der Waals surface area contributed by atoms with Crippen molar-refractivity contribution >= 4 is 15.6 Å². The molecule has 0 aromatic heterocycles. The summed E-state index contributed by atoms with van der Waals surface area (Å²) in [7, 11) is 0. The minimum atomic E-state index is -0.565. The summed E-state index contributed by atoms with van der Waals surface area (Å²) in [4.78, 5) is 22.5. The minimum absolute atomic E-state index is 0.194. The van der Waals surface area contributed by atoms with Gasteiger partial charge in [0, 0.05) is 0 Å². The number of carbonyl (C=O) groups is 2. The van der Waals surface area contributed by atoms with E-state index in [1.54, 1.807) is 0 Å². The summed E-state index contributed by atoms with van der Waals surface area (Å²) in [6.07, 6.45) is 2.64. The molecule has 0 bridgehead atoms. The van der Waals surface area contributed by atoms with Crippen molar-refractivity contribution in [1.29, 1.82) is 0 Å². The normalized spacial score (nSPS) is 15.6. The first-order valence-corrected chi connectivity index (χ1v) is 6.01. The van der Waals surface area contributed by atoms with E-state index >= 15 is 0 Å². The zero-order valence-corrected chi connectivity index (χ0v) is 9.27. The Balaban J connectivity index is 2.13. The molecule has 4 heteroatoms. The van der Waals surface area contributed by atoms with Crippen LogP contribution in [0.3, 0.4) is 0 Å². The summed E-state index contributed by atoms with van der Waals surface area (Å²) in [6, 6.07) is 9.59. The Labute approximate surface area is 91.0 Å². The third kappa shape index (κ3) is 1.85. The monoisotopic (exact) mass is 370 g/mol. The first-order valence-electron chi connectivity index (χ1n) is 3.96. The Bertz CT molecular complexity index is 382. The first kappa shape index (κ1) is 9.40. The van der Waals surface area contributed by atoms with Crippen molar-refractivity contribution in [2.45, 2.75) is 0 Å². The van der Waals surface area contributed by atoms with E-state index in [0.29, 0.717) is 0 Å². The van der Waals surface area contributed by atoms with Crippen LogP contribution in [-0.2, 0) is 29.6 Å². The van der Waals surface area contributed by atoms with Crippen molar-refractivity contribution in [2.24, 2.45) is 0 Å². The van der Waals surface area contributed by atoms with Crippen molar-refractivity contribution in [1.82, 2.24) is 3.30 Å². The van der Waals surface area contributed by atoms with Gasteiger partial charge in [-0.3, -0.25) is 0 Å². The molecule has 0 unspecified atom stereocenters. The average molecular weight is 370 g/mol. The Kier molecular flexibility index (Phi) is 2.63. The molecular weight excluding hydrogens is 363 g/mol. The summed E-state index contributed by atoms with van der Waals surface area (Å²) in [5, 5.41) is 0. The number of nitrogens with zero attached hydrogens (tertiary/aromatic N) is 1. The van der Waals surface area contributed by atoms with Crippen molar-refractivity contribution in [3.05, 3.63) is 42.5 Å². The van der Waals surface area contributed by atoms with E-state index in [1.165, 1.54) is 15.5 Å². The Morgan fingerprint density at radius 3 is 2.07 bits per heavy atom. The second-order valence-electron chi connectivity index (χ2n) is 2.58. The van der Waals surface area contributed by atoms with Crippen molar-refractivity contribution in [2.75, 3.05) is 0 Å². The van der Waals surface area contributed by atoms with Crippen LogP contribution >= 0.6 is 0 Å². The van der Waals surface area contributed by atoms with E-state index in [2.05, 4.69) is 0 Å². The zero-order valence-electron chi connectivity index (χ0n) is 7.11. The standard InChI is InChI=1S/C6H5.C4H3NO2.Au/c1-2-4-6-5-3-1;6-3-1-2-4(7)5-3;/h1-5H;1-2H,(H,5,6,7);/q;;+1/p-1. The Hall–Kier alpha value is -1.16. The molecule has 75 valence electrons. The van der Waals surface area contributed by atoms with Gasteiger partial charge in [-0.05, 0) is 0 Å². The summed E-state index contributed by atoms with van der Waals surface area (Å²) in [5.74, 6) is -0.388. The molecule has 1 heterocycles. The molecule has 0 spiro atoms. The molecule has 0 saturated carbocycles. The van der Waals surface area contributed by atoms with Crippen LogP contribution in [0.5, 0.6) is 0 Å². The number of benzene rings is 1. The van der Waals surface area contributed by atoms with Gasteiger partial charge in [0.2, 0.25) is 0 Å². The maximum absolute atomic E-state index is 11.2. The third-order valence-electron chi connectivity index (χ3n) is 1.57. The third-order valence-corrected chi connectivity index (χ3v) is 4.30. The van der Waals surface area contributed by atoms with Crippen LogP contribution in [0.15, 0.2) is 42.5 Å². The van der Waals surface area contributed by atoms with Gasteiger partial charge in [-0.15, -0.1) is 0 Å². The molecule has 1 aromatic carbocycles. The summed E-state index contributed by atoms with van der Waals surface area (Å²) in [6.45, 7) is 0. The average Bonchev–Trinajstić information content (AvgIpc) is 2.51.